The highest BCUT2D eigenvalue weighted by Crippen LogP contribution is 2.20. The fraction of sp³-hybridized carbons (Fsp3) is 0.467. The fourth-order valence-electron chi connectivity index (χ4n) is 1.77. The predicted molar refractivity (Wildman–Crippen MR) is 83.1 cm³/mol. The second kappa shape index (κ2) is 8.17. The number of benzene rings is 1. The van der Waals surface area contributed by atoms with E-state index in [0.29, 0.717) is 32.1 Å². The zero-order valence-electron chi connectivity index (χ0n) is 12.8. The first kappa shape index (κ1) is 17.7. The lowest BCUT2D eigenvalue weighted by atomic mass is 10.3. The maximum atomic E-state index is 12.5. The molecule has 0 aliphatic carbocycles. The van der Waals surface area contributed by atoms with Crippen molar-refractivity contribution in [3.63, 3.8) is 0 Å². The highest BCUT2D eigenvalue weighted by Gasteiger charge is 2.22. The first-order valence-corrected chi connectivity index (χ1v) is 8.22. The molecule has 0 aliphatic heterocycles. The van der Waals surface area contributed by atoms with Gasteiger partial charge in [0.15, 0.2) is 0 Å². The Labute approximate surface area is 127 Å². The van der Waals surface area contributed by atoms with Crippen molar-refractivity contribution in [1.29, 1.82) is 0 Å². The van der Waals surface area contributed by atoms with Gasteiger partial charge in [-0.15, -0.1) is 0 Å². The van der Waals surface area contributed by atoms with Gasteiger partial charge in [0.05, 0.1) is 11.5 Å². The Morgan fingerprint density at radius 3 is 2.33 bits per heavy atom. The SMILES string of the molecule is C=C(C)CN(CC)S(=O)(=O)c1ccc(OCCOC)cc1. The van der Waals surface area contributed by atoms with Gasteiger partial charge in [0.2, 0.25) is 10.0 Å². The lowest BCUT2D eigenvalue weighted by Gasteiger charge is -2.20. The third-order valence-corrected chi connectivity index (χ3v) is 4.75. The minimum Gasteiger partial charge on any atom is -0.491 e. The molecule has 0 spiro atoms. The van der Waals surface area contributed by atoms with Crippen LogP contribution in [0.4, 0.5) is 0 Å². The van der Waals surface area contributed by atoms with Crippen molar-refractivity contribution >= 4 is 10.0 Å². The van der Waals surface area contributed by atoms with Crippen LogP contribution in [0.25, 0.3) is 0 Å². The van der Waals surface area contributed by atoms with Crippen LogP contribution >= 0.6 is 0 Å². The maximum absolute atomic E-state index is 12.5. The van der Waals surface area contributed by atoms with E-state index in [0.717, 1.165) is 5.57 Å². The van der Waals surface area contributed by atoms with Gasteiger partial charge < -0.3 is 9.47 Å². The summed E-state index contributed by atoms with van der Waals surface area (Å²) in [4.78, 5) is 0.254. The van der Waals surface area contributed by atoms with Gasteiger partial charge in [0.1, 0.15) is 12.4 Å². The fourth-order valence-corrected chi connectivity index (χ4v) is 3.28. The van der Waals surface area contributed by atoms with Gasteiger partial charge in [-0.25, -0.2) is 8.42 Å². The van der Waals surface area contributed by atoms with E-state index < -0.39 is 10.0 Å². The molecule has 0 saturated heterocycles. The molecule has 0 radical (unpaired) electrons. The molecular weight excluding hydrogens is 290 g/mol. The first-order chi connectivity index (χ1) is 9.91. The molecule has 0 amide bonds. The average Bonchev–Trinajstić information content (AvgIpc) is 2.45. The van der Waals surface area contributed by atoms with Gasteiger partial charge in [0.25, 0.3) is 0 Å². The Kier molecular flexibility index (Phi) is 6.87. The van der Waals surface area contributed by atoms with Crippen molar-refractivity contribution in [1.82, 2.24) is 4.31 Å². The molecule has 0 N–H and O–H groups in total. The van der Waals surface area contributed by atoms with E-state index in [1.54, 1.807) is 31.4 Å². The molecule has 1 aromatic rings. The molecule has 0 unspecified atom stereocenters. The van der Waals surface area contributed by atoms with Crippen LogP contribution in [0.2, 0.25) is 0 Å². The van der Waals surface area contributed by atoms with E-state index in [1.165, 1.54) is 4.31 Å². The van der Waals surface area contributed by atoms with E-state index in [-0.39, 0.29) is 4.90 Å². The summed E-state index contributed by atoms with van der Waals surface area (Å²) in [6.07, 6.45) is 0. The van der Waals surface area contributed by atoms with E-state index in [4.69, 9.17) is 9.47 Å². The summed E-state index contributed by atoms with van der Waals surface area (Å²) in [6, 6.07) is 6.41. The molecule has 118 valence electrons. The number of hydrogen-bond acceptors (Lipinski definition) is 4. The Balaban J connectivity index is 2.85. The minimum absolute atomic E-state index is 0.254. The molecule has 0 aromatic heterocycles. The molecule has 0 saturated carbocycles. The monoisotopic (exact) mass is 313 g/mol. The van der Waals surface area contributed by atoms with Crippen molar-refractivity contribution in [2.24, 2.45) is 0 Å². The smallest absolute Gasteiger partial charge is 0.243 e. The zero-order chi connectivity index (χ0) is 15.9. The largest absolute Gasteiger partial charge is 0.491 e. The average molecular weight is 313 g/mol. The second-order valence-corrected chi connectivity index (χ2v) is 6.64. The summed E-state index contributed by atoms with van der Waals surface area (Å²) >= 11 is 0. The molecule has 0 heterocycles. The lowest BCUT2D eigenvalue weighted by Crippen LogP contribution is -2.32. The summed E-state index contributed by atoms with van der Waals surface area (Å²) < 4.78 is 36.7. The summed E-state index contributed by atoms with van der Waals surface area (Å²) in [5.41, 5.74) is 0.806. The number of methoxy groups -OCH3 is 1. The van der Waals surface area contributed by atoms with E-state index in [1.807, 2.05) is 13.8 Å². The molecule has 6 heteroatoms. The molecule has 1 aromatic carbocycles. The number of sulfonamides is 1. The zero-order valence-corrected chi connectivity index (χ0v) is 13.6. The van der Waals surface area contributed by atoms with Gasteiger partial charge in [0, 0.05) is 20.2 Å². The molecule has 0 atom stereocenters. The van der Waals surface area contributed by atoms with Gasteiger partial charge in [-0.3, -0.25) is 0 Å². The normalized spacial score (nSPS) is 11.6. The Bertz CT molecular complexity index is 552. The van der Waals surface area contributed by atoms with Crippen LogP contribution in [0.5, 0.6) is 5.75 Å². The summed E-state index contributed by atoms with van der Waals surface area (Å²) in [5.74, 6) is 0.619. The Morgan fingerprint density at radius 1 is 1.24 bits per heavy atom. The van der Waals surface area contributed by atoms with Crippen LogP contribution in [0, 0.1) is 0 Å². The van der Waals surface area contributed by atoms with Gasteiger partial charge in [-0.2, -0.15) is 4.31 Å². The first-order valence-electron chi connectivity index (χ1n) is 6.78. The maximum Gasteiger partial charge on any atom is 0.243 e. The Morgan fingerprint density at radius 2 is 1.86 bits per heavy atom. The lowest BCUT2D eigenvalue weighted by molar-refractivity contribution is 0.146. The number of ether oxygens (including phenoxy) is 2. The van der Waals surface area contributed by atoms with E-state index >= 15 is 0 Å². The van der Waals surface area contributed by atoms with Crippen molar-refractivity contribution in [2.45, 2.75) is 18.7 Å². The molecular formula is C15H23NO4S. The van der Waals surface area contributed by atoms with E-state index in [2.05, 4.69) is 6.58 Å². The third-order valence-electron chi connectivity index (χ3n) is 2.82. The quantitative estimate of drug-likeness (QED) is 0.518. The minimum atomic E-state index is -3.50. The molecule has 1 rings (SSSR count). The van der Waals surface area contributed by atoms with Gasteiger partial charge in [-0.1, -0.05) is 19.1 Å². The standard InChI is InChI=1S/C15H23NO4S/c1-5-16(12-13(2)3)21(17,18)15-8-6-14(7-9-15)20-11-10-19-4/h6-9H,2,5,10-12H2,1,3-4H3. The third kappa shape index (κ3) is 5.15. The van der Waals surface area contributed by atoms with Crippen molar-refractivity contribution in [2.75, 3.05) is 33.4 Å². The number of nitrogens with zero attached hydrogens (tertiary/aromatic N) is 1. The second-order valence-electron chi connectivity index (χ2n) is 4.70. The predicted octanol–water partition coefficient (Wildman–Crippen LogP) is 2.30. The molecule has 5 nitrogen and oxygen atoms in total. The summed E-state index contributed by atoms with van der Waals surface area (Å²) in [6.45, 7) is 9.03. The number of rotatable bonds is 9. The van der Waals surface area contributed by atoms with Crippen LogP contribution < -0.4 is 4.74 Å². The van der Waals surface area contributed by atoms with Gasteiger partial charge in [-0.05, 0) is 31.2 Å². The number of likely N-dealkylation sites (N-methyl/N-ethyl adjacent to an activating group) is 1. The highest BCUT2D eigenvalue weighted by atomic mass is 32.2. The molecule has 0 bridgehead atoms. The van der Waals surface area contributed by atoms with Crippen molar-refractivity contribution < 1.29 is 17.9 Å². The molecule has 0 aliphatic rings. The highest BCUT2D eigenvalue weighted by molar-refractivity contribution is 7.89. The van der Waals surface area contributed by atoms with Gasteiger partial charge >= 0.3 is 0 Å². The Hall–Kier alpha value is -1.37. The van der Waals surface area contributed by atoms with Crippen molar-refractivity contribution in [3.05, 3.63) is 36.4 Å². The van der Waals surface area contributed by atoms with Crippen LogP contribution in [-0.4, -0.2) is 46.1 Å². The molecule has 21 heavy (non-hydrogen) atoms. The van der Waals surface area contributed by atoms with Crippen LogP contribution in [0.1, 0.15) is 13.8 Å². The summed E-state index contributed by atoms with van der Waals surface area (Å²) in [5, 5.41) is 0. The van der Waals surface area contributed by atoms with E-state index in [9.17, 15) is 8.42 Å². The van der Waals surface area contributed by atoms with Crippen LogP contribution in [0.15, 0.2) is 41.3 Å². The van der Waals surface area contributed by atoms with Crippen LogP contribution in [-0.2, 0) is 14.8 Å². The van der Waals surface area contributed by atoms with Crippen molar-refractivity contribution in [3.8, 4) is 5.75 Å². The molecule has 0 fully saturated rings. The summed E-state index contributed by atoms with van der Waals surface area (Å²) in [7, 11) is -1.90. The van der Waals surface area contributed by atoms with Crippen LogP contribution in [0.3, 0.4) is 0 Å². The topological polar surface area (TPSA) is 55.8 Å². The number of hydrogen-bond donors (Lipinski definition) is 0.